The second kappa shape index (κ2) is 8.44. The van der Waals surface area contributed by atoms with Crippen molar-refractivity contribution in [2.24, 2.45) is 0 Å². The lowest BCUT2D eigenvalue weighted by Crippen LogP contribution is -2.44. The lowest BCUT2D eigenvalue weighted by Gasteiger charge is -2.33. The summed E-state index contributed by atoms with van der Waals surface area (Å²) < 4.78 is 10.8. The smallest absolute Gasteiger partial charge is 0.241 e. The van der Waals surface area contributed by atoms with E-state index in [9.17, 15) is 4.79 Å². The van der Waals surface area contributed by atoms with Crippen LogP contribution in [0.25, 0.3) is 0 Å². The monoisotopic (exact) mass is 368 g/mol. The van der Waals surface area contributed by atoms with E-state index in [1.807, 2.05) is 31.2 Å². The Morgan fingerprint density at radius 2 is 1.74 bits per heavy atom. The molecule has 0 aliphatic carbocycles. The zero-order chi connectivity index (χ0) is 19.4. The summed E-state index contributed by atoms with van der Waals surface area (Å²) in [5.41, 5.74) is 4.54. The third-order valence-corrected chi connectivity index (χ3v) is 5.30. The number of hydrogen-bond donors (Lipinski definition) is 1. The van der Waals surface area contributed by atoms with Gasteiger partial charge in [-0.15, -0.1) is 0 Å². The van der Waals surface area contributed by atoms with Crippen molar-refractivity contribution in [3.05, 3.63) is 53.1 Å². The molecule has 2 aromatic carbocycles. The number of nitrogens with one attached hydrogen (secondary N) is 1. The molecule has 5 nitrogen and oxygen atoms in total. The molecular weight excluding hydrogens is 340 g/mol. The van der Waals surface area contributed by atoms with Gasteiger partial charge in [0.25, 0.3) is 0 Å². The lowest BCUT2D eigenvalue weighted by molar-refractivity contribution is -0.121. The molecule has 1 N–H and O–H groups in total. The van der Waals surface area contributed by atoms with Crippen LogP contribution in [-0.4, -0.2) is 37.6 Å². The van der Waals surface area contributed by atoms with Crippen molar-refractivity contribution in [1.82, 2.24) is 4.90 Å². The molecule has 3 rings (SSSR count). The number of rotatable bonds is 6. The van der Waals surface area contributed by atoms with Crippen LogP contribution in [0.3, 0.4) is 0 Å². The largest absolute Gasteiger partial charge is 0.493 e. The summed E-state index contributed by atoms with van der Waals surface area (Å²) in [4.78, 5) is 14.9. The van der Waals surface area contributed by atoms with Gasteiger partial charge in [-0.1, -0.05) is 19.1 Å². The maximum atomic E-state index is 12.7. The van der Waals surface area contributed by atoms with Gasteiger partial charge in [-0.25, -0.2) is 0 Å². The number of methoxy groups -OCH3 is 2. The molecule has 0 aromatic heterocycles. The zero-order valence-corrected chi connectivity index (χ0v) is 16.5. The fraction of sp³-hybridized carbons (Fsp3) is 0.409. The summed E-state index contributed by atoms with van der Waals surface area (Å²) in [6.07, 6.45) is 1.88. The average molecular weight is 368 g/mol. The Labute approximate surface area is 161 Å². The molecular formula is C22H28N2O3. The number of benzene rings is 2. The van der Waals surface area contributed by atoms with E-state index < -0.39 is 0 Å². The number of fused-ring (bicyclic) bond motifs is 1. The highest BCUT2D eigenvalue weighted by molar-refractivity contribution is 5.94. The minimum Gasteiger partial charge on any atom is -0.493 e. The summed E-state index contributed by atoms with van der Waals surface area (Å²) in [5, 5.41) is 3.03. The molecule has 27 heavy (non-hydrogen) atoms. The Balaban J connectivity index is 1.69. The Morgan fingerprint density at radius 3 is 2.33 bits per heavy atom. The van der Waals surface area contributed by atoms with E-state index in [1.165, 1.54) is 16.7 Å². The highest BCUT2D eigenvalue weighted by Crippen LogP contribution is 2.33. The molecule has 1 aliphatic rings. The van der Waals surface area contributed by atoms with Gasteiger partial charge in [0.2, 0.25) is 5.91 Å². The molecule has 1 atom stereocenters. The van der Waals surface area contributed by atoms with E-state index in [0.717, 1.165) is 43.1 Å². The van der Waals surface area contributed by atoms with Gasteiger partial charge in [0.05, 0.1) is 20.3 Å². The molecule has 0 bridgehead atoms. The first-order valence-electron chi connectivity index (χ1n) is 9.43. The van der Waals surface area contributed by atoms with Gasteiger partial charge >= 0.3 is 0 Å². The molecule has 0 radical (unpaired) electrons. The van der Waals surface area contributed by atoms with Crippen molar-refractivity contribution in [3.63, 3.8) is 0 Å². The first-order chi connectivity index (χ1) is 13.0. The second-order valence-electron chi connectivity index (χ2n) is 6.91. The van der Waals surface area contributed by atoms with Crippen molar-refractivity contribution in [3.8, 4) is 11.5 Å². The van der Waals surface area contributed by atoms with E-state index in [0.29, 0.717) is 0 Å². The fourth-order valence-corrected chi connectivity index (χ4v) is 3.47. The maximum absolute atomic E-state index is 12.7. The maximum Gasteiger partial charge on any atom is 0.241 e. The van der Waals surface area contributed by atoms with Crippen LogP contribution in [0.2, 0.25) is 0 Å². The molecule has 2 aromatic rings. The minimum absolute atomic E-state index is 0.0168. The Bertz CT molecular complexity index is 802. The van der Waals surface area contributed by atoms with E-state index in [2.05, 4.69) is 29.3 Å². The van der Waals surface area contributed by atoms with Crippen LogP contribution in [0, 0.1) is 0 Å². The van der Waals surface area contributed by atoms with Crippen LogP contribution >= 0.6 is 0 Å². The summed E-state index contributed by atoms with van der Waals surface area (Å²) >= 11 is 0. The molecule has 144 valence electrons. The Kier molecular flexibility index (Phi) is 6.01. The summed E-state index contributed by atoms with van der Waals surface area (Å²) in [7, 11) is 3.30. The van der Waals surface area contributed by atoms with Crippen molar-refractivity contribution in [1.29, 1.82) is 0 Å². The number of carbonyl (C=O) groups is 1. The van der Waals surface area contributed by atoms with E-state index >= 15 is 0 Å². The summed E-state index contributed by atoms with van der Waals surface area (Å²) in [6.45, 7) is 5.64. The predicted octanol–water partition coefficient (Wildman–Crippen LogP) is 3.65. The number of hydrogen-bond acceptors (Lipinski definition) is 4. The van der Waals surface area contributed by atoms with E-state index in [4.69, 9.17) is 9.47 Å². The molecule has 0 fully saturated rings. The number of amides is 1. The van der Waals surface area contributed by atoms with Crippen LogP contribution in [0.5, 0.6) is 11.5 Å². The van der Waals surface area contributed by atoms with Crippen LogP contribution in [0.1, 0.15) is 30.5 Å². The van der Waals surface area contributed by atoms with Gasteiger partial charge in [-0.3, -0.25) is 9.69 Å². The predicted molar refractivity (Wildman–Crippen MR) is 108 cm³/mol. The van der Waals surface area contributed by atoms with Gasteiger partial charge in [-0.2, -0.15) is 0 Å². The second-order valence-corrected chi connectivity index (χ2v) is 6.91. The molecule has 1 aliphatic heterocycles. The number of carbonyl (C=O) groups excluding carboxylic acids is 1. The van der Waals surface area contributed by atoms with Crippen molar-refractivity contribution < 1.29 is 14.3 Å². The summed E-state index contributed by atoms with van der Waals surface area (Å²) in [6, 6.07) is 11.9. The lowest BCUT2D eigenvalue weighted by atomic mass is 9.97. The molecule has 5 heteroatoms. The van der Waals surface area contributed by atoms with E-state index in [1.54, 1.807) is 14.2 Å². The molecule has 0 saturated carbocycles. The van der Waals surface area contributed by atoms with Crippen molar-refractivity contribution >= 4 is 11.6 Å². The highest BCUT2D eigenvalue weighted by Gasteiger charge is 2.26. The average Bonchev–Trinajstić information content (AvgIpc) is 2.72. The number of ether oxygens (including phenoxy) is 2. The number of aryl methyl sites for hydroxylation is 1. The molecule has 0 saturated heterocycles. The summed E-state index contributed by atoms with van der Waals surface area (Å²) in [5.74, 6) is 1.50. The van der Waals surface area contributed by atoms with Crippen LogP contribution in [0.15, 0.2) is 36.4 Å². The quantitative estimate of drug-likeness (QED) is 0.846. The fourth-order valence-electron chi connectivity index (χ4n) is 3.47. The normalized spacial score (nSPS) is 15.0. The third-order valence-electron chi connectivity index (χ3n) is 5.30. The SMILES string of the molecule is CCc1ccc(NC(=O)[C@H](C)N2CCc3cc(OC)c(OC)cc3C2)cc1. The molecule has 1 amide bonds. The third kappa shape index (κ3) is 4.25. The first-order valence-corrected chi connectivity index (χ1v) is 9.43. The molecule has 0 unspecified atom stereocenters. The van der Waals surface area contributed by atoms with Crippen LogP contribution in [0.4, 0.5) is 5.69 Å². The van der Waals surface area contributed by atoms with Gasteiger partial charge in [0.15, 0.2) is 11.5 Å². The standard InChI is InChI=1S/C22H28N2O3/c1-5-16-6-8-19(9-7-16)23-22(25)15(2)24-11-10-17-12-20(26-3)21(27-4)13-18(17)14-24/h6-9,12-13,15H,5,10-11,14H2,1-4H3,(H,23,25)/t15-/m0/s1. The minimum atomic E-state index is -0.211. The first kappa shape index (κ1) is 19.2. The molecule has 0 spiro atoms. The topological polar surface area (TPSA) is 50.8 Å². The zero-order valence-electron chi connectivity index (χ0n) is 16.5. The van der Waals surface area contributed by atoms with Gasteiger partial charge in [-0.05, 0) is 60.7 Å². The van der Waals surface area contributed by atoms with E-state index in [-0.39, 0.29) is 11.9 Å². The number of anilines is 1. The Hall–Kier alpha value is -2.53. The Morgan fingerprint density at radius 1 is 1.11 bits per heavy atom. The van der Waals surface area contributed by atoms with Crippen molar-refractivity contribution in [2.75, 3.05) is 26.1 Å². The van der Waals surface area contributed by atoms with Crippen LogP contribution < -0.4 is 14.8 Å². The highest BCUT2D eigenvalue weighted by atomic mass is 16.5. The van der Waals surface area contributed by atoms with Crippen molar-refractivity contribution in [2.45, 2.75) is 39.3 Å². The van der Waals surface area contributed by atoms with Gasteiger partial charge < -0.3 is 14.8 Å². The molecule has 1 heterocycles. The van der Waals surface area contributed by atoms with Gasteiger partial charge in [0, 0.05) is 18.8 Å². The van der Waals surface area contributed by atoms with Crippen LogP contribution in [-0.2, 0) is 24.2 Å². The van der Waals surface area contributed by atoms with Gasteiger partial charge in [0.1, 0.15) is 0 Å². The number of nitrogens with zero attached hydrogens (tertiary/aromatic N) is 1.